The van der Waals surface area contributed by atoms with Crippen molar-refractivity contribution < 1.29 is 17.2 Å². The highest BCUT2D eigenvalue weighted by atomic mass is 35.5. The van der Waals surface area contributed by atoms with E-state index in [0.717, 1.165) is 30.3 Å². The van der Waals surface area contributed by atoms with Crippen LogP contribution in [-0.2, 0) is 15.6 Å². The molecule has 2 rings (SSSR count). The molecule has 0 amide bonds. The zero-order chi connectivity index (χ0) is 14.9. The van der Waals surface area contributed by atoms with Crippen LogP contribution >= 0.6 is 11.6 Å². The number of sulfone groups is 1. The second kappa shape index (κ2) is 5.38. The minimum Gasteiger partial charge on any atom is -0.399 e. The lowest BCUT2D eigenvalue weighted by atomic mass is 10.2. The number of rotatable bonds is 3. The third kappa shape index (κ3) is 3.26. The van der Waals surface area contributed by atoms with Crippen molar-refractivity contribution in [2.75, 3.05) is 5.73 Å². The van der Waals surface area contributed by atoms with Crippen molar-refractivity contribution in [2.45, 2.75) is 10.6 Å². The highest BCUT2D eigenvalue weighted by molar-refractivity contribution is 7.90. The van der Waals surface area contributed by atoms with E-state index < -0.39 is 27.2 Å². The van der Waals surface area contributed by atoms with E-state index in [1.165, 1.54) is 6.07 Å². The minimum absolute atomic E-state index is 0.00190. The summed E-state index contributed by atoms with van der Waals surface area (Å²) in [5.41, 5.74) is 5.66. The van der Waals surface area contributed by atoms with E-state index >= 15 is 0 Å². The van der Waals surface area contributed by atoms with Crippen molar-refractivity contribution in [3.05, 3.63) is 58.6 Å². The molecule has 0 spiro atoms. The fourth-order valence-corrected chi connectivity index (χ4v) is 3.44. The molecule has 0 fully saturated rings. The van der Waals surface area contributed by atoms with Gasteiger partial charge in [0.15, 0.2) is 9.84 Å². The van der Waals surface area contributed by atoms with Crippen LogP contribution in [0.4, 0.5) is 14.5 Å². The summed E-state index contributed by atoms with van der Waals surface area (Å²) in [6.07, 6.45) is 0. The quantitative estimate of drug-likeness (QED) is 0.884. The lowest BCUT2D eigenvalue weighted by Crippen LogP contribution is -2.07. The standard InChI is InChI=1S/C13H10ClF2NO2S/c14-13-5-9(15)2-1-8(13)7-20(18,19)12-4-10(16)3-11(17)6-12/h1-6H,7,17H2. The van der Waals surface area contributed by atoms with E-state index in [0.29, 0.717) is 0 Å². The molecule has 2 aromatic carbocycles. The average molecular weight is 318 g/mol. The lowest BCUT2D eigenvalue weighted by Gasteiger charge is -2.07. The Balaban J connectivity index is 2.40. The Morgan fingerprint density at radius 2 is 1.75 bits per heavy atom. The Morgan fingerprint density at radius 1 is 1.05 bits per heavy atom. The molecule has 0 unspecified atom stereocenters. The van der Waals surface area contributed by atoms with Gasteiger partial charge in [-0.2, -0.15) is 0 Å². The number of nitrogen functional groups attached to an aromatic ring is 1. The molecule has 0 aliphatic heterocycles. The lowest BCUT2D eigenvalue weighted by molar-refractivity contribution is 0.590. The highest BCUT2D eigenvalue weighted by Crippen LogP contribution is 2.24. The summed E-state index contributed by atoms with van der Waals surface area (Å²) in [5.74, 6) is -1.77. The molecule has 0 saturated carbocycles. The van der Waals surface area contributed by atoms with Crippen molar-refractivity contribution in [2.24, 2.45) is 0 Å². The summed E-state index contributed by atoms with van der Waals surface area (Å²) < 4.78 is 50.5. The Morgan fingerprint density at radius 3 is 2.35 bits per heavy atom. The topological polar surface area (TPSA) is 60.2 Å². The maximum absolute atomic E-state index is 13.2. The normalized spacial score (nSPS) is 11.6. The molecule has 0 saturated heterocycles. The zero-order valence-electron chi connectivity index (χ0n) is 10.1. The van der Waals surface area contributed by atoms with E-state index in [9.17, 15) is 17.2 Å². The van der Waals surface area contributed by atoms with Gasteiger partial charge >= 0.3 is 0 Å². The van der Waals surface area contributed by atoms with Gasteiger partial charge in [0, 0.05) is 10.7 Å². The van der Waals surface area contributed by atoms with Crippen LogP contribution in [0.15, 0.2) is 41.3 Å². The fourth-order valence-electron chi connectivity index (χ4n) is 1.69. The molecule has 0 atom stereocenters. The van der Waals surface area contributed by atoms with Gasteiger partial charge in [0.05, 0.1) is 10.6 Å². The van der Waals surface area contributed by atoms with Gasteiger partial charge in [0.25, 0.3) is 0 Å². The van der Waals surface area contributed by atoms with Gasteiger partial charge < -0.3 is 5.73 Å². The van der Waals surface area contributed by atoms with Gasteiger partial charge in [-0.3, -0.25) is 0 Å². The van der Waals surface area contributed by atoms with Crippen LogP contribution in [0, 0.1) is 11.6 Å². The van der Waals surface area contributed by atoms with Crippen LogP contribution in [0.5, 0.6) is 0 Å². The predicted octanol–water partition coefficient (Wildman–Crippen LogP) is 3.17. The SMILES string of the molecule is Nc1cc(F)cc(S(=O)(=O)Cc2ccc(F)cc2Cl)c1. The van der Waals surface area contributed by atoms with Gasteiger partial charge in [0.1, 0.15) is 11.6 Å². The van der Waals surface area contributed by atoms with Crippen LogP contribution in [0.25, 0.3) is 0 Å². The summed E-state index contributed by atoms with van der Waals surface area (Å²) in [6.45, 7) is 0. The van der Waals surface area contributed by atoms with E-state index in [4.69, 9.17) is 17.3 Å². The van der Waals surface area contributed by atoms with E-state index in [1.807, 2.05) is 0 Å². The number of nitrogens with two attached hydrogens (primary N) is 1. The molecule has 20 heavy (non-hydrogen) atoms. The fraction of sp³-hybridized carbons (Fsp3) is 0.0769. The van der Waals surface area contributed by atoms with Crippen LogP contribution in [0.1, 0.15) is 5.56 Å². The average Bonchev–Trinajstić information content (AvgIpc) is 2.31. The molecule has 0 aliphatic carbocycles. The first kappa shape index (κ1) is 14.7. The number of halogens is 3. The van der Waals surface area contributed by atoms with Crippen LogP contribution < -0.4 is 5.73 Å². The molecule has 106 valence electrons. The zero-order valence-corrected chi connectivity index (χ0v) is 11.7. The third-order valence-corrected chi connectivity index (χ3v) is 4.61. The van der Waals surface area contributed by atoms with Gasteiger partial charge in [0.2, 0.25) is 0 Å². The van der Waals surface area contributed by atoms with Crippen molar-refractivity contribution in [1.82, 2.24) is 0 Å². The van der Waals surface area contributed by atoms with Crippen LogP contribution in [-0.4, -0.2) is 8.42 Å². The molecule has 0 aliphatic rings. The first-order chi connectivity index (χ1) is 9.28. The summed E-state index contributed by atoms with van der Waals surface area (Å²) in [5, 5.41) is -0.00190. The van der Waals surface area contributed by atoms with E-state index in [-0.39, 0.29) is 21.2 Å². The van der Waals surface area contributed by atoms with Crippen LogP contribution in [0.3, 0.4) is 0 Å². The molecular weight excluding hydrogens is 308 g/mol. The smallest absolute Gasteiger partial charge is 0.182 e. The summed E-state index contributed by atoms with van der Waals surface area (Å²) in [4.78, 5) is -0.240. The monoisotopic (exact) mass is 317 g/mol. The van der Waals surface area contributed by atoms with Crippen molar-refractivity contribution in [3.8, 4) is 0 Å². The third-order valence-electron chi connectivity index (χ3n) is 2.61. The molecule has 0 aromatic heterocycles. The number of hydrogen-bond acceptors (Lipinski definition) is 3. The maximum atomic E-state index is 13.2. The second-order valence-corrected chi connectivity index (χ2v) is 6.61. The predicted molar refractivity (Wildman–Crippen MR) is 73.1 cm³/mol. The van der Waals surface area contributed by atoms with Crippen molar-refractivity contribution in [3.63, 3.8) is 0 Å². The van der Waals surface area contributed by atoms with Crippen LogP contribution in [0.2, 0.25) is 5.02 Å². The summed E-state index contributed by atoms with van der Waals surface area (Å²) in [6, 6.07) is 6.46. The highest BCUT2D eigenvalue weighted by Gasteiger charge is 2.18. The molecule has 0 bridgehead atoms. The minimum atomic E-state index is -3.82. The Kier molecular flexibility index (Phi) is 3.96. The van der Waals surface area contributed by atoms with Gasteiger partial charge in [-0.15, -0.1) is 0 Å². The van der Waals surface area contributed by atoms with Crippen molar-refractivity contribution >= 4 is 27.1 Å². The molecule has 0 radical (unpaired) electrons. The second-order valence-electron chi connectivity index (χ2n) is 4.22. The molecule has 0 heterocycles. The number of hydrogen-bond donors (Lipinski definition) is 1. The van der Waals surface area contributed by atoms with Gasteiger partial charge in [-0.25, -0.2) is 17.2 Å². The Labute approximate surface area is 119 Å². The number of anilines is 1. The molecule has 2 N–H and O–H groups in total. The number of benzene rings is 2. The van der Waals surface area contributed by atoms with E-state index in [2.05, 4.69) is 0 Å². The maximum Gasteiger partial charge on any atom is 0.182 e. The first-order valence-electron chi connectivity index (χ1n) is 5.51. The molecule has 3 nitrogen and oxygen atoms in total. The first-order valence-corrected chi connectivity index (χ1v) is 7.54. The summed E-state index contributed by atoms with van der Waals surface area (Å²) in [7, 11) is -3.82. The largest absolute Gasteiger partial charge is 0.399 e. The van der Waals surface area contributed by atoms with E-state index in [1.54, 1.807) is 0 Å². The Hall–Kier alpha value is -1.66. The molecule has 2 aromatic rings. The molecule has 7 heteroatoms. The van der Waals surface area contributed by atoms with Gasteiger partial charge in [-0.1, -0.05) is 17.7 Å². The van der Waals surface area contributed by atoms with Gasteiger partial charge in [-0.05, 0) is 35.9 Å². The molecular formula is C13H10ClF2NO2S. The summed E-state index contributed by atoms with van der Waals surface area (Å²) >= 11 is 5.78. The van der Waals surface area contributed by atoms with Crippen molar-refractivity contribution in [1.29, 1.82) is 0 Å². The Bertz CT molecular complexity index is 743.